The number of hydrogen-bond donors (Lipinski definition) is 0. The van der Waals surface area contributed by atoms with Crippen LogP contribution in [0.4, 0.5) is 0 Å². The van der Waals surface area contributed by atoms with E-state index in [-0.39, 0.29) is 11.9 Å². The predicted molar refractivity (Wildman–Crippen MR) is 84.5 cm³/mol. The van der Waals surface area contributed by atoms with Crippen LogP contribution in [0.2, 0.25) is 0 Å². The molecular weight excluding hydrogens is 348 g/mol. The van der Waals surface area contributed by atoms with Crippen molar-refractivity contribution >= 4 is 21.8 Å². The summed E-state index contributed by atoms with van der Waals surface area (Å²) >= 11 is 3.24. The summed E-state index contributed by atoms with van der Waals surface area (Å²) in [6, 6.07) is 3.72. The van der Waals surface area contributed by atoms with Gasteiger partial charge in [-0.2, -0.15) is 0 Å². The Morgan fingerprint density at radius 2 is 2.36 bits per heavy atom. The Hall–Kier alpha value is -1.63. The molecule has 1 atom stereocenters. The highest BCUT2D eigenvalue weighted by Crippen LogP contribution is 2.25. The zero-order valence-corrected chi connectivity index (χ0v) is 14.1. The van der Waals surface area contributed by atoms with Gasteiger partial charge in [-0.15, -0.1) is 10.2 Å². The first kappa shape index (κ1) is 15.3. The number of carbonyl (C=O) groups is 1. The van der Waals surface area contributed by atoms with Crippen LogP contribution in [0.25, 0.3) is 0 Å². The fourth-order valence-electron chi connectivity index (χ4n) is 3.01. The lowest BCUT2D eigenvalue weighted by Gasteiger charge is -2.23. The van der Waals surface area contributed by atoms with E-state index in [9.17, 15) is 4.79 Å². The van der Waals surface area contributed by atoms with Crippen molar-refractivity contribution < 1.29 is 9.21 Å². The normalized spacial score (nSPS) is 18.1. The summed E-state index contributed by atoms with van der Waals surface area (Å²) in [5, 5.41) is 8.12. The number of aryl methyl sites for hydroxylation is 2. The molecule has 0 bridgehead atoms. The van der Waals surface area contributed by atoms with Gasteiger partial charge in [-0.05, 0) is 54.2 Å². The van der Waals surface area contributed by atoms with Gasteiger partial charge in [0, 0.05) is 25.6 Å². The molecule has 1 saturated heterocycles. The summed E-state index contributed by atoms with van der Waals surface area (Å²) in [7, 11) is 0. The number of aromatic nitrogens is 3. The van der Waals surface area contributed by atoms with Crippen LogP contribution < -0.4 is 0 Å². The lowest BCUT2D eigenvalue weighted by atomic mass is 10.1. The molecule has 1 aliphatic heterocycles. The smallest absolute Gasteiger partial charge is 0.289 e. The van der Waals surface area contributed by atoms with Crippen molar-refractivity contribution in [3.05, 3.63) is 34.7 Å². The molecule has 0 spiro atoms. The Morgan fingerprint density at radius 1 is 1.50 bits per heavy atom. The van der Waals surface area contributed by atoms with Crippen LogP contribution in [0.3, 0.4) is 0 Å². The molecule has 7 heteroatoms. The van der Waals surface area contributed by atoms with E-state index in [4.69, 9.17) is 4.42 Å². The molecule has 6 nitrogen and oxygen atoms in total. The van der Waals surface area contributed by atoms with Crippen LogP contribution in [-0.2, 0) is 13.0 Å². The third kappa shape index (κ3) is 3.09. The molecule has 0 N–H and O–H groups in total. The van der Waals surface area contributed by atoms with E-state index >= 15 is 0 Å². The zero-order valence-electron chi connectivity index (χ0n) is 12.5. The summed E-state index contributed by atoms with van der Waals surface area (Å²) in [6.07, 6.45) is 5.58. The maximum atomic E-state index is 12.5. The summed E-state index contributed by atoms with van der Waals surface area (Å²) in [5.41, 5.74) is 0. The largest absolute Gasteiger partial charge is 0.444 e. The van der Waals surface area contributed by atoms with Crippen LogP contribution in [-0.4, -0.2) is 38.2 Å². The summed E-state index contributed by atoms with van der Waals surface area (Å²) in [4.78, 5) is 14.5. The van der Waals surface area contributed by atoms with Crippen LogP contribution in [0.5, 0.6) is 0 Å². The number of nitrogens with zero attached hydrogens (tertiary/aromatic N) is 4. The quantitative estimate of drug-likeness (QED) is 0.815. The van der Waals surface area contributed by atoms with E-state index in [1.165, 1.54) is 0 Å². The average molecular weight is 367 g/mol. The molecule has 1 fully saturated rings. The van der Waals surface area contributed by atoms with E-state index in [1.807, 2.05) is 9.47 Å². The second-order valence-electron chi connectivity index (χ2n) is 5.47. The highest BCUT2D eigenvalue weighted by molar-refractivity contribution is 9.10. The highest BCUT2D eigenvalue weighted by Gasteiger charge is 2.30. The van der Waals surface area contributed by atoms with Crippen molar-refractivity contribution in [2.24, 2.45) is 0 Å². The van der Waals surface area contributed by atoms with Gasteiger partial charge < -0.3 is 13.9 Å². The van der Waals surface area contributed by atoms with E-state index < -0.39 is 0 Å². The molecule has 1 unspecified atom stereocenters. The van der Waals surface area contributed by atoms with E-state index in [0.29, 0.717) is 10.4 Å². The predicted octanol–water partition coefficient (Wildman–Crippen LogP) is 2.89. The van der Waals surface area contributed by atoms with Crippen molar-refractivity contribution in [3.8, 4) is 0 Å². The van der Waals surface area contributed by atoms with Crippen LogP contribution >= 0.6 is 15.9 Å². The minimum atomic E-state index is -0.0230. The van der Waals surface area contributed by atoms with Gasteiger partial charge in [0.25, 0.3) is 5.91 Å². The summed E-state index contributed by atoms with van der Waals surface area (Å²) in [5.74, 6) is 1.36. The number of carbonyl (C=O) groups excluding carboxylic acids is 1. The van der Waals surface area contributed by atoms with Crippen LogP contribution in [0.15, 0.2) is 27.5 Å². The number of likely N-dealkylation sites (tertiary alicyclic amines) is 1. The van der Waals surface area contributed by atoms with Crippen molar-refractivity contribution in [2.75, 3.05) is 6.54 Å². The summed E-state index contributed by atoms with van der Waals surface area (Å²) in [6.45, 7) is 3.74. The average Bonchev–Trinajstić information content (AvgIpc) is 3.24. The Morgan fingerprint density at radius 3 is 3.09 bits per heavy atom. The molecule has 0 aliphatic carbocycles. The van der Waals surface area contributed by atoms with Gasteiger partial charge in [0.15, 0.2) is 10.4 Å². The molecule has 3 heterocycles. The van der Waals surface area contributed by atoms with Gasteiger partial charge in [0.05, 0.1) is 0 Å². The van der Waals surface area contributed by atoms with Crippen molar-refractivity contribution in [2.45, 2.75) is 45.2 Å². The molecule has 1 aliphatic rings. The molecule has 2 aromatic rings. The third-order valence-corrected chi connectivity index (χ3v) is 4.59. The van der Waals surface area contributed by atoms with Gasteiger partial charge in [0.2, 0.25) is 0 Å². The van der Waals surface area contributed by atoms with Gasteiger partial charge >= 0.3 is 0 Å². The molecule has 0 saturated carbocycles. The lowest BCUT2D eigenvalue weighted by molar-refractivity contribution is 0.0696. The summed E-state index contributed by atoms with van der Waals surface area (Å²) < 4.78 is 8.02. The van der Waals surface area contributed by atoms with Gasteiger partial charge in [-0.1, -0.05) is 0 Å². The first-order valence-electron chi connectivity index (χ1n) is 7.62. The Bertz CT molecular complexity index is 652. The van der Waals surface area contributed by atoms with Crippen molar-refractivity contribution in [3.63, 3.8) is 0 Å². The molecule has 0 radical (unpaired) electrons. The van der Waals surface area contributed by atoms with Gasteiger partial charge in [-0.3, -0.25) is 4.79 Å². The molecular formula is C15H19BrN4O2. The SMILES string of the molecule is CCn1cnnc1CCC1CCCN1C(=O)c1ccc(Br)o1. The number of rotatable bonds is 5. The van der Waals surface area contributed by atoms with Crippen molar-refractivity contribution in [1.29, 1.82) is 0 Å². The Labute approximate surface area is 137 Å². The third-order valence-electron chi connectivity index (χ3n) is 4.16. The molecule has 2 aromatic heterocycles. The molecule has 118 valence electrons. The second kappa shape index (κ2) is 6.64. The maximum Gasteiger partial charge on any atom is 0.289 e. The Balaban J connectivity index is 1.64. The maximum absolute atomic E-state index is 12.5. The topological polar surface area (TPSA) is 64.2 Å². The number of amides is 1. The van der Waals surface area contributed by atoms with E-state index in [0.717, 1.165) is 44.6 Å². The number of hydrogen-bond acceptors (Lipinski definition) is 4. The van der Waals surface area contributed by atoms with E-state index in [2.05, 4.69) is 33.1 Å². The first-order valence-corrected chi connectivity index (χ1v) is 8.41. The second-order valence-corrected chi connectivity index (χ2v) is 6.25. The fraction of sp³-hybridized carbons (Fsp3) is 0.533. The number of furan rings is 1. The monoisotopic (exact) mass is 366 g/mol. The van der Waals surface area contributed by atoms with Gasteiger partial charge in [-0.25, -0.2) is 0 Å². The lowest BCUT2D eigenvalue weighted by Crippen LogP contribution is -2.35. The Kier molecular flexibility index (Phi) is 4.61. The van der Waals surface area contributed by atoms with Gasteiger partial charge in [0.1, 0.15) is 12.2 Å². The fourth-order valence-corrected chi connectivity index (χ4v) is 3.31. The minimum absolute atomic E-state index is 0.0230. The van der Waals surface area contributed by atoms with Crippen molar-refractivity contribution in [1.82, 2.24) is 19.7 Å². The zero-order chi connectivity index (χ0) is 15.5. The highest BCUT2D eigenvalue weighted by atomic mass is 79.9. The molecule has 22 heavy (non-hydrogen) atoms. The minimum Gasteiger partial charge on any atom is -0.444 e. The number of halogens is 1. The van der Waals surface area contributed by atoms with E-state index in [1.54, 1.807) is 18.5 Å². The molecule has 3 rings (SSSR count). The van der Waals surface area contributed by atoms with Crippen LogP contribution in [0.1, 0.15) is 42.6 Å². The molecule has 1 amide bonds. The standard InChI is InChI=1S/C15H19BrN4O2/c1-2-19-10-17-18-14(19)8-5-11-4-3-9-20(11)15(21)12-6-7-13(16)22-12/h6-7,10-11H,2-5,8-9H2,1H3. The first-order chi connectivity index (χ1) is 10.7. The van der Waals surface area contributed by atoms with Crippen LogP contribution in [0, 0.1) is 0 Å². The molecule has 0 aromatic carbocycles.